The van der Waals surface area contributed by atoms with E-state index in [-0.39, 0.29) is 0 Å². The number of carbonyl (C=O) groups excluding carboxylic acids is 1. The van der Waals surface area contributed by atoms with E-state index in [1.165, 1.54) is 56.9 Å². The van der Waals surface area contributed by atoms with Gasteiger partial charge in [-0.15, -0.1) is 0 Å². The van der Waals surface area contributed by atoms with E-state index >= 15 is 0 Å². The van der Waals surface area contributed by atoms with E-state index in [1.54, 1.807) is 0 Å². The topological polar surface area (TPSA) is 17.1 Å². The molecule has 1 fully saturated rings. The molecule has 1 saturated carbocycles. The van der Waals surface area contributed by atoms with Gasteiger partial charge in [0.25, 0.3) is 0 Å². The number of carbonyl (C=O) groups is 1. The summed E-state index contributed by atoms with van der Waals surface area (Å²) in [5, 5.41) is 0. The first-order valence-corrected chi connectivity index (χ1v) is 8.37. The van der Waals surface area contributed by atoms with E-state index in [1.807, 2.05) is 6.92 Å². The third-order valence-electron chi connectivity index (χ3n) is 4.62. The fraction of sp³-hybridized carbons (Fsp3) is 0.632. The normalized spacial score (nSPS) is 15.7. The monoisotopic (exact) mass is 272 g/mol. The summed E-state index contributed by atoms with van der Waals surface area (Å²) >= 11 is 0. The van der Waals surface area contributed by atoms with Gasteiger partial charge in [-0.3, -0.25) is 4.79 Å². The molecule has 0 aliphatic heterocycles. The lowest BCUT2D eigenvalue weighted by molar-refractivity contribution is -0.118. The standard InChI is InChI=1S/C19H28O/c1-2-19(20)15-18-13-11-17(12-14-18)10-6-5-9-16-7-3-4-8-16/h11-14,16H,2-10,15H2,1H3. The summed E-state index contributed by atoms with van der Waals surface area (Å²) in [6.07, 6.45) is 12.4. The van der Waals surface area contributed by atoms with Crippen LogP contribution >= 0.6 is 0 Å². The van der Waals surface area contributed by atoms with Gasteiger partial charge in [0, 0.05) is 12.8 Å². The van der Waals surface area contributed by atoms with Crippen molar-refractivity contribution in [3.63, 3.8) is 0 Å². The summed E-state index contributed by atoms with van der Waals surface area (Å²) in [6.45, 7) is 1.93. The summed E-state index contributed by atoms with van der Waals surface area (Å²) in [5.74, 6) is 1.35. The van der Waals surface area contributed by atoms with E-state index in [0.717, 1.165) is 11.5 Å². The van der Waals surface area contributed by atoms with Gasteiger partial charge in [-0.05, 0) is 29.9 Å². The Hall–Kier alpha value is -1.11. The number of Topliss-reactive ketones (excluding diaryl/α,β-unsaturated/α-hetero) is 1. The minimum absolute atomic E-state index is 0.328. The van der Waals surface area contributed by atoms with Gasteiger partial charge in [-0.1, -0.05) is 69.7 Å². The number of ketones is 1. The Morgan fingerprint density at radius 1 is 1.05 bits per heavy atom. The second kappa shape index (κ2) is 8.24. The van der Waals surface area contributed by atoms with Crippen molar-refractivity contribution in [3.05, 3.63) is 35.4 Å². The number of unbranched alkanes of at least 4 members (excludes halogenated alkanes) is 1. The molecule has 0 atom stereocenters. The first kappa shape index (κ1) is 15.3. The second-order valence-electron chi connectivity index (χ2n) is 6.28. The number of benzene rings is 1. The first-order chi connectivity index (χ1) is 9.78. The Morgan fingerprint density at radius 2 is 1.70 bits per heavy atom. The molecule has 1 aromatic rings. The SMILES string of the molecule is CCC(=O)Cc1ccc(CCCCC2CCCC2)cc1. The molecule has 0 bridgehead atoms. The van der Waals surface area contributed by atoms with Gasteiger partial charge in [0.2, 0.25) is 0 Å². The largest absolute Gasteiger partial charge is 0.299 e. The molecule has 0 spiro atoms. The number of hydrogen-bond donors (Lipinski definition) is 0. The summed E-state index contributed by atoms with van der Waals surface area (Å²) in [7, 11) is 0. The van der Waals surface area contributed by atoms with Gasteiger partial charge in [0.1, 0.15) is 5.78 Å². The third-order valence-corrected chi connectivity index (χ3v) is 4.62. The van der Waals surface area contributed by atoms with Crippen LogP contribution in [0.1, 0.15) is 69.4 Å². The van der Waals surface area contributed by atoms with Crippen molar-refractivity contribution in [2.24, 2.45) is 5.92 Å². The van der Waals surface area contributed by atoms with Crippen LogP contribution in [0.2, 0.25) is 0 Å². The lowest BCUT2D eigenvalue weighted by atomic mass is 9.98. The molecule has 0 N–H and O–H groups in total. The van der Waals surface area contributed by atoms with Gasteiger partial charge in [-0.2, -0.15) is 0 Å². The predicted octanol–water partition coefficient (Wildman–Crippen LogP) is 5.11. The summed E-state index contributed by atoms with van der Waals surface area (Å²) in [6, 6.07) is 8.65. The predicted molar refractivity (Wildman–Crippen MR) is 85.0 cm³/mol. The molecule has 0 radical (unpaired) electrons. The third kappa shape index (κ3) is 5.11. The van der Waals surface area contributed by atoms with Crippen LogP contribution in [-0.2, 0) is 17.6 Å². The van der Waals surface area contributed by atoms with Crippen molar-refractivity contribution in [1.29, 1.82) is 0 Å². The van der Waals surface area contributed by atoms with Crippen molar-refractivity contribution in [2.75, 3.05) is 0 Å². The second-order valence-corrected chi connectivity index (χ2v) is 6.28. The minimum Gasteiger partial charge on any atom is -0.299 e. The van der Waals surface area contributed by atoms with Crippen molar-refractivity contribution >= 4 is 5.78 Å². The maximum Gasteiger partial charge on any atom is 0.136 e. The molecule has 1 aliphatic rings. The Balaban J connectivity index is 1.66. The van der Waals surface area contributed by atoms with Crippen LogP contribution in [0.15, 0.2) is 24.3 Å². The fourth-order valence-electron chi connectivity index (χ4n) is 3.24. The van der Waals surface area contributed by atoms with E-state index in [2.05, 4.69) is 24.3 Å². The Kier molecular flexibility index (Phi) is 6.29. The zero-order chi connectivity index (χ0) is 14.2. The molecule has 0 unspecified atom stereocenters. The summed E-state index contributed by atoms with van der Waals surface area (Å²) < 4.78 is 0. The van der Waals surface area contributed by atoms with Crippen LogP contribution in [-0.4, -0.2) is 5.78 Å². The van der Waals surface area contributed by atoms with Gasteiger partial charge in [0.15, 0.2) is 0 Å². The zero-order valence-corrected chi connectivity index (χ0v) is 12.9. The molecular formula is C19H28O. The molecule has 0 aromatic heterocycles. The van der Waals surface area contributed by atoms with E-state index < -0.39 is 0 Å². The summed E-state index contributed by atoms with van der Waals surface area (Å²) in [5.41, 5.74) is 2.58. The number of hydrogen-bond acceptors (Lipinski definition) is 1. The summed E-state index contributed by atoms with van der Waals surface area (Å²) in [4.78, 5) is 11.4. The molecular weight excluding hydrogens is 244 g/mol. The highest BCUT2D eigenvalue weighted by Crippen LogP contribution is 2.29. The van der Waals surface area contributed by atoms with Gasteiger partial charge < -0.3 is 0 Å². The van der Waals surface area contributed by atoms with Crippen molar-refractivity contribution in [1.82, 2.24) is 0 Å². The number of rotatable bonds is 8. The molecule has 1 aromatic carbocycles. The number of aryl methyl sites for hydroxylation is 1. The van der Waals surface area contributed by atoms with Crippen LogP contribution in [0.25, 0.3) is 0 Å². The molecule has 1 aliphatic carbocycles. The Labute approximate surface area is 123 Å². The molecule has 20 heavy (non-hydrogen) atoms. The molecule has 0 amide bonds. The fourth-order valence-corrected chi connectivity index (χ4v) is 3.24. The van der Waals surface area contributed by atoms with Crippen LogP contribution in [0.3, 0.4) is 0 Å². The van der Waals surface area contributed by atoms with Crippen LogP contribution in [0, 0.1) is 5.92 Å². The van der Waals surface area contributed by atoms with Crippen molar-refractivity contribution in [2.45, 2.75) is 71.1 Å². The smallest absolute Gasteiger partial charge is 0.136 e. The average molecular weight is 272 g/mol. The molecule has 2 rings (SSSR count). The highest BCUT2D eigenvalue weighted by molar-refractivity contribution is 5.80. The van der Waals surface area contributed by atoms with Gasteiger partial charge in [-0.25, -0.2) is 0 Å². The quantitative estimate of drug-likeness (QED) is 0.601. The maximum absolute atomic E-state index is 11.4. The maximum atomic E-state index is 11.4. The van der Waals surface area contributed by atoms with Crippen LogP contribution < -0.4 is 0 Å². The van der Waals surface area contributed by atoms with E-state index in [9.17, 15) is 4.79 Å². The molecule has 0 heterocycles. The van der Waals surface area contributed by atoms with Crippen molar-refractivity contribution < 1.29 is 4.79 Å². The average Bonchev–Trinajstić information content (AvgIpc) is 2.98. The van der Waals surface area contributed by atoms with Crippen molar-refractivity contribution in [3.8, 4) is 0 Å². The molecule has 1 nitrogen and oxygen atoms in total. The zero-order valence-electron chi connectivity index (χ0n) is 12.9. The highest BCUT2D eigenvalue weighted by Gasteiger charge is 2.13. The van der Waals surface area contributed by atoms with Crippen LogP contribution in [0.4, 0.5) is 0 Å². The first-order valence-electron chi connectivity index (χ1n) is 8.37. The molecule has 110 valence electrons. The molecule has 0 saturated heterocycles. The van der Waals surface area contributed by atoms with Crippen LogP contribution in [0.5, 0.6) is 0 Å². The Bertz CT molecular complexity index is 398. The highest BCUT2D eigenvalue weighted by atomic mass is 16.1. The molecule has 1 heteroatoms. The Morgan fingerprint density at radius 3 is 2.35 bits per heavy atom. The van der Waals surface area contributed by atoms with Gasteiger partial charge >= 0.3 is 0 Å². The lowest BCUT2D eigenvalue weighted by Gasteiger charge is -2.08. The van der Waals surface area contributed by atoms with E-state index in [4.69, 9.17) is 0 Å². The van der Waals surface area contributed by atoms with E-state index in [0.29, 0.717) is 18.6 Å². The lowest BCUT2D eigenvalue weighted by Crippen LogP contribution is -2.00. The minimum atomic E-state index is 0.328. The van der Waals surface area contributed by atoms with Gasteiger partial charge in [0.05, 0.1) is 0 Å².